The SMILES string of the molecule is Brc1cc(-c2cccnc2)cc(-c2cc(-c3ccc(-c4ccncc4)cc3)nc(-c3cccnc3)n2)c1. The first-order valence-corrected chi connectivity index (χ1v) is 12.5. The first-order chi connectivity index (χ1) is 18.2. The summed E-state index contributed by atoms with van der Waals surface area (Å²) in [5, 5.41) is 0. The second kappa shape index (κ2) is 10.2. The molecule has 0 aliphatic carbocycles. The molecule has 0 bridgehead atoms. The molecular formula is C31H20BrN5. The van der Waals surface area contributed by atoms with Crippen LogP contribution in [0.15, 0.2) is 127 Å². The lowest BCUT2D eigenvalue weighted by atomic mass is 10.0. The van der Waals surface area contributed by atoms with Gasteiger partial charge in [0.1, 0.15) is 0 Å². The van der Waals surface area contributed by atoms with Crippen LogP contribution >= 0.6 is 15.9 Å². The van der Waals surface area contributed by atoms with Gasteiger partial charge in [0.05, 0.1) is 11.4 Å². The molecule has 0 radical (unpaired) electrons. The third-order valence-corrected chi connectivity index (χ3v) is 6.49. The maximum absolute atomic E-state index is 4.95. The largest absolute Gasteiger partial charge is 0.265 e. The van der Waals surface area contributed by atoms with Crippen LogP contribution in [0.3, 0.4) is 0 Å². The van der Waals surface area contributed by atoms with Gasteiger partial charge in [-0.15, -0.1) is 0 Å². The lowest BCUT2D eigenvalue weighted by Gasteiger charge is -2.11. The zero-order chi connectivity index (χ0) is 25.0. The molecule has 0 saturated heterocycles. The highest BCUT2D eigenvalue weighted by Crippen LogP contribution is 2.33. The van der Waals surface area contributed by atoms with E-state index in [2.05, 4.69) is 79.4 Å². The van der Waals surface area contributed by atoms with E-state index in [-0.39, 0.29) is 0 Å². The minimum absolute atomic E-state index is 0.627. The van der Waals surface area contributed by atoms with Crippen molar-refractivity contribution in [1.82, 2.24) is 24.9 Å². The number of benzene rings is 2. The van der Waals surface area contributed by atoms with E-state index in [4.69, 9.17) is 9.97 Å². The average Bonchev–Trinajstić information content (AvgIpc) is 2.98. The molecule has 176 valence electrons. The summed E-state index contributed by atoms with van der Waals surface area (Å²) in [5.41, 5.74) is 8.87. The molecule has 0 aliphatic heterocycles. The van der Waals surface area contributed by atoms with Crippen LogP contribution in [-0.2, 0) is 0 Å². The van der Waals surface area contributed by atoms with Gasteiger partial charge in [0.15, 0.2) is 5.82 Å². The van der Waals surface area contributed by atoms with Gasteiger partial charge >= 0.3 is 0 Å². The summed E-state index contributed by atoms with van der Waals surface area (Å²) in [4.78, 5) is 22.5. The molecule has 0 atom stereocenters. The molecule has 0 amide bonds. The second-order valence-electron chi connectivity index (χ2n) is 8.49. The normalized spacial score (nSPS) is 10.8. The monoisotopic (exact) mass is 541 g/mol. The van der Waals surface area contributed by atoms with Crippen molar-refractivity contribution in [2.24, 2.45) is 0 Å². The van der Waals surface area contributed by atoms with Crippen molar-refractivity contribution in [1.29, 1.82) is 0 Å². The molecule has 4 heterocycles. The summed E-state index contributed by atoms with van der Waals surface area (Å²) in [6.45, 7) is 0. The van der Waals surface area contributed by atoms with Crippen LogP contribution in [0.5, 0.6) is 0 Å². The van der Waals surface area contributed by atoms with Gasteiger partial charge in [0.25, 0.3) is 0 Å². The molecule has 6 heteroatoms. The maximum atomic E-state index is 4.95. The smallest absolute Gasteiger partial charge is 0.161 e. The lowest BCUT2D eigenvalue weighted by molar-refractivity contribution is 1.17. The molecule has 6 aromatic rings. The molecule has 0 aliphatic rings. The standard InChI is InChI=1S/C31H20BrN5/c32-28-16-26(24-3-1-11-34-19-24)15-27(17-28)30-18-29(36-31(37-30)25-4-2-12-35-20-25)23-7-5-21(6-8-23)22-9-13-33-14-10-22/h1-20H. The minimum atomic E-state index is 0.627. The summed E-state index contributed by atoms with van der Waals surface area (Å²) in [7, 11) is 0. The molecule has 2 aromatic carbocycles. The number of halogens is 1. The first-order valence-electron chi connectivity index (χ1n) is 11.7. The molecule has 6 rings (SSSR count). The Morgan fingerprint density at radius 3 is 1.70 bits per heavy atom. The van der Waals surface area contributed by atoms with E-state index in [1.807, 2.05) is 42.6 Å². The highest BCUT2D eigenvalue weighted by atomic mass is 79.9. The average molecular weight is 542 g/mol. The van der Waals surface area contributed by atoms with E-state index < -0.39 is 0 Å². The van der Waals surface area contributed by atoms with Gasteiger partial charge in [0.2, 0.25) is 0 Å². The van der Waals surface area contributed by atoms with Crippen molar-refractivity contribution in [3.63, 3.8) is 0 Å². The zero-order valence-corrected chi connectivity index (χ0v) is 21.2. The van der Waals surface area contributed by atoms with Crippen molar-refractivity contribution in [2.75, 3.05) is 0 Å². The number of hydrogen-bond donors (Lipinski definition) is 0. The van der Waals surface area contributed by atoms with Crippen molar-refractivity contribution in [3.8, 4) is 56.2 Å². The van der Waals surface area contributed by atoms with E-state index in [9.17, 15) is 0 Å². The predicted molar refractivity (Wildman–Crippen MR) is 150 cm³/mol. The van der Waals surface area contributed by atoms with E-state index >= 15 is 0 Å². The fourth-order valence-electron chi connectivity index (χ4n) is 4.18. The van der Waals surface area contributed by atoms with Crippen LogP contribution in [-0.4, -0.2) is 24.9 Å². The Bertz CT molecular complexity index is 1660. The quantitative estimate of drug-likeness (QED) is 0.223. The van der Waals surface area contributed by atoms with Crippen LogP contribution in [0.2, 0.25) is 0 Å². The second-order valence-corrected chi connectivity index (χ2v) is 9.40. The van der Waals surface area contributed by atoms with Gasteiger partial charge in [-0.25, -0.2) is 9.97 Å². The molecule has 0 saturated carbocycles. The molecule has 0 N–H and O–H groups in total. The minimum Gasteiger partial charge on any atom is -0.265 e. The van der Waals surface area contributed by atoms with Gasteiger partial charge < -0.3 is 0 Å². The van der Waals surface area contributed by atoms with E-state index in [0.29, 0.717) is 5.82 Å². The Hall–Kier alpha value is -4.55. The number of nitrogens with zero attached hydrogens (tertiary/aromatic N) is 5. The summed E-state index contributed by atoms with van der Waals surface area (Å²) in [6.07, 6.45) is 10.8. The maximum Gasteiger partial charge on any atom is 0.161 e. The summed E-state index contributed by atoms with van der Waals surface area (Å²) >= 11 is 3.69. The van der Waals surface area contributed by atoms with Crippen LogP contribution in [0.1, 0.15) is 0 Å². The topological polar surface area (TPSA) is 64.5 Å². The van der Waals surface area contributed by atoms with Gasteiger partial charge in [-0.1, -0.05) is 46.3 Å². The Labute approximate surface area is 223 Å². The highest BCUT2D eigenvalue weighted by Gasteiger charge is 2.13. The number of pyridine rings is 3. The molecular weight excluding hydrogens is 522 g/mol. The molecule has 0 fully saturated rings. The van der Waals surface area contributed by atoms with Crippen LogP contribution in [0, 0.1) is 0 Å². The fourth-order valence-corrected chi connectivity index (χ4v) is 4.68. The van der Waals surface area contributed by atoms with Crippen molar-refractivity contribution in [2.45, 2.75) is 0 Å². The number of hydrogen-bond acceptors (Lipinski definition) is 5. The van der Waals surface area contributed by atoms with Gasteiger partial charge in [0, 0.05) is 63.9 Å². The number of rotatable bonds is 5. The number of aromatic nitrogens is 5. The van der Waals surface area contributed by atoms with E-state index in [1.165, 1.54) is 0 Å². The molecule has 0 unspecified atom stereocenters. The van der Waals surface area contributed by atoms with Crippen molar-refractivity contribution < 1.29 is 0 Å². The van der Waals surface area contributed by atoms with Gasteiger partial charge in [-0.05, 0) is 71.3 Å². The molecule has 0 spiro atoms. The van der Waals surface area contributed by atoms with Crippen molar-refractivity contribution in [3.05, 3.63) is 127 Å². The van der Waals surface area contributed by atoms with E-state index in [1.54, 1.807) is 31.0 Å². The highest BCUT2D eigenvalue weighted by molar-refractivity contribution is 9.10. The van der Waals surface area contributed by atoms with Crippen LogP contribution in [0.4, 0.5) is 0 Å². The van der Waals surface area contributed by atoms with E-state index in [0.717, 1.165) is 54.8 Å². The third kappa shape index (κ3) is 5.06. The summed E-state index contributed by atoms with van der Waals surface area (Å²) < 4.78 is 0.966. The molecule has 4 aromatic heterocycles. The van der Waals surface area contributed by atoms with Gasteiger partial charge in [-0.2, -0.15) is 0 Å². The Morgan fingerprint density at radius 1 is 0.432 bits per heavy atom. The lowest BCUT2D eigenvalue weighted by Crippen LogP contribution is -1.96. The molecule has 37 heavy (non-hydrogen) atoms. The van der Waals surface area contributed by atoms with Crippen LogP contribution < -0.4 is 0 Å². The summed E-state index contributed by atoms with van der Waals surface area (Å²) in [5.74, 6) is 0.627. The summed E-state index contributed by atoms with van der Waals surface area (Å²) in [6, 6.07) is 28.6. The zero-order valence-electron chi connectivity index (χ0n) is 19.7. The Morgan fingerprint density at radius 2 is 1.03 bits per heavy atom. The molecule has 5 nitrogen and oxygen atoms in total. The Balaban J connectivity index is 1.47. The third-order valence-electron chi connectivity index (χ3n) is 6.03. The van der Waals surface area contributed by atoms with Gasteiger partial charge in [-0.3, -0.25) is 15.0 Å². The predicted octanol–water partition coefficient (Wildman–Crippen LogP) is 7.76. The Kier molecular flexibility index (Phi) is 6.31. The van der Waals surface area contributed by atoms with Crippen LogP contribution in [0.25, 0.3) is 56.2 Å². The first kappa shape index (κ1) is 22.9. The fraction of sp³-hybridized carbons (Fsp3) is 0. The van der Waals surface area contributed by atoms with Crippen molar-refractivity contribution >= 4 is 15.9 Å².